The Bertz CT molecular complexity index is 1300. The molecule has 0 radical (unpaired) electrons. The Morgan fingerprint density at radius 2 is 2.17 bits per heavy atom. The van der Waals surface area contributed by atoms with Gasteiger partial charge in [0.15, 0.2) is 17.2 Å². The van der Waals surface area contributed by atoms with Gasteiger partial charge in [0.2, 0.25) is 0 Å². The highest BCUT2D eigenvalue weighted by molar-refractivity contribution is 6.04. The lowest BCUT2D eigenvalue weighted by molar-refractivity contribution is -0.152. The summed E-state index contributed by atoms with van der Waals surface area (Å²) in [7, 11) is 1.56. The molecule has 1 fully saturated rings. The number of amidine groups is 1. The van der Waals surface area contributed by atoms with E-state index in [0.717, 1.165) is 0 Å². The summed E-state index contributed by atoms with van der Waals surface area (Å²) in [5, 5.41) is 7.70. The van der Waals surface area contributed by atoms with Crippen LogP contribution in [-0.2, 0) is 14.4 Å². The summed E-state index contributed by atoms with van der Waals surface area (Å²) in [6.07, 6.45) is 6.00. The van der Waals surface area contributed by atoms with Gasteiger partial charge in [-0.2, -0.15) is 5.10 Å². The molecule has 0 amide bonds. The minimum absolute atomic E-state index is 0.121. The number of ether oxygens (including phenoxy) is 2. The number of hydroxylamine groups is 1. The van der Waals surface area contributed by atoms with Crippen LogP contribution in [0.3, 0.4) is 0 Å². The van der Waals surface area contributed by atoms with Gasteiger partial charge in [-0.3, -0.25) is 4.79 Å². The highest BCUT2D eigenvalue weighted by Crippen LogP contribution is 2.38. The van der Waals surface area contributed by atoms with E-state index in [0.29, 0.717) is 66.5 Å². The number of nitrogens with zero attached hydrogens (tertiary/aromatic N) is 4. The van der Waals surface area contributed by atoms with Crippen molar-refractivity contribution in [2.45, 2.75) is 51.3 Å². The number of hydrogen-bond donors (Lipinski definition) is 2. The molecule has 11 heteroatoms. The molecule has 190 valence electrons. The molecule has 1 aliphatic carbocycles. The summed E-state index contributed by atoms with van der Waals surface area (Å²) < 4.78 is 26.1. The number of benzene rings is 1. The minimum atomic E-state index is -0.717. The van der Waals surface area contributed by atoms with E-state index in [1.807, 2.05) is 13.8 Å². The van der Waals surface area contributed by atoms with Gasteiger partial charge in [0, 0.05) is 24.6 Å². The SMILES string of the molecule is CCOC(=O)C1CCC2(CC1)N=C(c1cnn3ccc(N[C@H](C)c4cc(F)ccc4OC)nc13)NO2. The Labute approximate surface area is 207 Å². The second kappa shape index (κ2) is 9.73. The number of halogens is 1. The van der Waals surface area contributed by atoms with Crippen molar-refractivity contribution in [2.24, 2.45) is 10.9 Å². The molecule has 10 nitrogen and oxygen atoms in total. The van der Waals surface area contributed by atoms with Gasteiger partial charge in [0.1, 0.15) is 17.4 Å². The summed E-state index contributed by atoms with van der Waals surface area (Å²) in [5.74, 6) is 1.11. The molecule has 2 aliphatic rings. The number of fused-ring (bicyclic) bond motifs is 1. The van der Waals surface area contributed by atoms with Gasteiger partial charge in [0.25, 0.3) is 0 Å². The van der Waals surface area contributed by atoms with Gasteiger partial charge in [-0.25, -0.2) is 29.2 Å². The highest BCUT2D eigenvalue weighted by Gasteiger charge is 2.43. The first-order valence-corrected chi connectivity index (χ1v) is 12.1. The van der Waals surface area contributed by atoms with Crippen LogP contribution in [0.1, 0.15) is 56.7 Å². The van der Waals surface area contributed by atoms with Crippen molar-refractivity contribution in [1.29, 1.82) is 0 Å². The molecule has 0 unspecified atom stereocenters. The average Bonchev–Trinajstić information content (AvgIpc) is 3.48. The van der Waals surface area contributed by atoms with Gasteiger partial charge < -0.3 is 14.8 Å². The smallest absolute Gasteiger partial charge is 0.308 e. The number of carbonyl (C=O) groups excluding carboxylic acids is 1. The molecular weight excluding hydrogens is 467 g/mol. The quantitative estimate of drug-likeness (QED) is 0.476. The lowest BCUT2D eigenvalue weighted by Gasteiger charge is -2.31. The van der Waals surface area contributed by atoms with E-state index in [-0.39, 0.29) is 23.7 Å². The normalized spacial score (nSPS) is 22.2. The fourth-order valence-electron chi connectivity index (χ4n) is 4.75. The van der Waals surface area contributed by atoms with Crippen molar-refractivity contribution in [3.05, 3.63) is 53.6 Å². The first-order valence-electron chi connectivity index (χ1n) is 12.1. The lowest BCUT2D eigenvalue weighted by atomic mass is 9.84. The zero-order valence-corrected chi connectivity index (χ0v) is 20.5. The molecule has 1 atom stereocenters. The van der Waals surface area contributed by atoms with Crippen molar-refractivity contribution in [2.75, 3.05) is 19.0 Å². The molecule has 0 saturated heterocycles. The van der Waals surface area contributed by atoms with Gasteiger partial charge in [0.05, 0.1) is 37.4 Å². The third-order valence-corrected chi connectivity index (χ3v) is 6.69. The molecule has 36 heavy (non-hydrogen) atoms. The summed E-state index contributed by atoms with van der Waals surface area (Å²) in [6.45, 7) is 4.11. The second-order valence-electron chi connectivity index (χ2n) is 9.03. The summed E-state index contributed by atoms with van der Waals surface area (Å²) in [5.41, 5.74) is 4.20. The van der Waals surface area contributed by atoms with Crippen LogP contribution < -0.4 is 15.5 Å². The van der Waals surface area contributed by atoms with E-state index in [1.165, 1.54) is 12.1 Å². The van der Waals surface area contributed by atoms with E-state index in [2.05, 4.69) is 15.9 Å². The number of nitrogens with one attached hydrogen (secondary N) is 2. The topological polar surface area (TPSA) is 111 Å². The Balaban J connectivity index is 1.35. The highest BCUT2D eigenvalue weighted by atomic mass is 19.1. The van der Waals surface area contributed by atoms with E-state index in [9.17, 15) is 9.18 Å². The van der Waals surface area contributed by atoms with Crippen molar-refractivity contribution in [3.63, 3.8) is 0 Å². The predicted molar refractivity (Wildman–Crippen MR) is 130 cm³/mol. The van der Waals surface area contributed by atoms with Gasteiger partial charge in [-0.05, 0) is 51.0 Å². The van der Waals surface area contributed by atoms with E-state index in [1.54, 1.807) is 36.2 Å². The monoisotopic (exact) mass is 496 g/mol. The molecule has 2 N–H and O–H groups in total. The zero-order chi connectivity index (χ0) is 25.3. The van der Waals surface area contributed by atoms with Crippen LogP contribution in [0.2, 0.25) is 0 Å². The van der Waals surface area contributed by atoms with Crippen LogP contribution in [0.25, 0.3) is 5.65 Å². The number of aliphatic imine (C=N–C) groups is 1. The first kappa shape index (κ1) is 24.0. The lowest BCUT2D eigenvalue weighted by Crippen LogP contribution is -2.37. The minimum Gasteiger partial charge on any atom is -0.496 e. The number of aromatic nitrogens is 3. The van der Waals surface area contributed by atoms with Gasteiger partial charge in [-0.1, -0.05) is 0 Å². The van der Waals surface area contributed by atoms with Crippen molar-refractivity contribution < 1.29 is 23.5 Å². The number of esters is 1. The standard InChI is InChI=1S/C25H29FN6O4/c1-4-35-24(33)16-7-10-25(11-8-16)30-22(31-36-25)19-14-27-32-12-9-21(29-23(19)32)28-15(2)18-13-17(26)5-6-20(18)34-3/h5-6,9,12-16H,4,7-8,10-11H2,1-3H3,(H,28,29)(H,30,31)/t15-,16?,25?/m1/s1. The van der Waals surface area contributed by atoms with E-state index < -0.39 is 5.72 Å². The van der Waals surface area contributed by atoms with Crippen LogP contribution in [0, 0.1) is 11.7 Å². The van der Waals surface area contributed by atoms with Crippen LogP contribution in [0.4, 0.5) is 10.2 Å². The summed E-state index contributed by atoms with van der Waals surface area (Å²) >= 11 is 0. The van der Waals surface area contributed by atoms with Crippen molar-refractivity contribution >= 4 is 23.3 Å². The molecule has 5 rings (SSSR count). The fraction of sp³-hybridized carbons (Fsp3) is 0.440. The zero-order valence-electron chi connectivity index (χ0n) is 20.5. The third kappa shape index (κ3) is 4.58. The second-order valence-corrected chi connectivity index (χ2v) is 9.03. The Morgan fingerprint density at radius 3 is 2.92 bits per heavy atom. The number of anilines is 1. The Hall–Kier alpha value is -3.73. The maximum atomic E-state index is 13.9. The Morgan fingerprint density at radius 1 is 1.36 bits per heavy atom. The molecule has 1 saturated carbocycles. The average molecular weight is 497 g/mol. The Kier molecular flexibility index (Phi) is 6.48. The maximum Gasteiger partial charge on any atom is 0.308 e. The van der Waals surface area contributed by atoms with Crippen LogP contribution in [-0.4, -0.2) is 45.8 Å². The fourth-order valence-corrected chi connectivity index (χ4v) is 4.75. The maximum absolute atomic E-state index is 13.9. The van der Waals surface area contributed by atoms with Crippen LogP contribution >= 0.6 is 0 Å². The molecule has 3 aromatic rings. The molecule has 1 aromatic carbocycles. The number of carbonyl (C=O) groups is 1. The van der Waals surface area contributed by atoms with Gasteiger partial charge in [-0.15, -0.1) is 0 Å². The first-order chi connectivity index (χ1) is 17.4. The summed E-state index contributed by atoms with van der Waals surface area (Å²) in [6, 6.07) is 5.95. The van der Waals surface area contributed by atoms with Crippen LogP contribution in [0.15, 0.2) is 41.7 Å². The van der Waals surface area contributed by atoms with E-state index >= 15 is 0 Å². The number of methoxy groups -OCH3 is 1. The molecule has 0 bridgehead atoms. The van der Waals surface area contributed by atoms with E-state index in [4.69, 9.17) is 24.3 Å². The molecular formula is C25H29FN6O4. The molecule has 3 heterocycles. The largest absolute Gasteiger partial charge is 0.496 e. The van der Waals surface area contributed by atoms with Gasteiger partial charge >= 0.3 is 5.97 Å². The molecule has 1 spiro atoms. The van der Waals surface area contributed by atoms with Crippen molar-refractivity contribution in [1.82, 2.24) is 20.1 Å². The molecule has 1 aliphatic heterocycles. The molecule has 2 aromatic heterocycles. The predicted octanol–water partition coefficient (Wildman–Crippen LogP) is 3.78. The van der Waals surface area contributed by atoms with Crippen molar-refractivity contribution in [3.8, 4) is 5.75 Å². The van der Waals surface area contributed by atoms with Crippen LogP contribution in [0.5, 0.6) is 5.75 Å². The third-order valence-electron chi connectivity index (χ3n) is 6.69. The summed E-state index contributed by atoms with van der Waals surface area (Å²) in [4.78, 5) is 27.6. The number of rotatable bonds is 7. The number of hydrogen-bond acceptors (Lipinski definition) is 9.